The Bertz CT molecular complexity index is 374. The van der Waals surface area contributed by atoms with Gasteiger partial charge in [-0.05, 0) is 37.0 Å². The van der Waals surface area contributed by atoms with Crippen molar-refractivity contribution < 1.29 is 14.3 Å². The van der Waals surface area contributed by atoms with E-state index in [-0.39, 0.29) is 0 Å². The van der Waals surface area contributed by atoms with Crippen LogP contribution in [-0.2, 0) is 4.79 Å². The van der Waals surface area contributed by atoms with Gasteiger partial charge in [0.1, 0.15) is 5.82 Å². The van der Waals surface area contributed by atoms with E-state index >= 15 is 0 Å². The number of allylic oxidation sites excluding steroid dienone is 1. The lowest BCUT2D eigenvalue weighted by Gasteiger charge is -2.11. The molecule has 1 aromatic carbocycles. The van der Waals surface area contributed by atoms with Crippen LogP contribution in [-0.4, -0.2) is 11.1 Å². The molecule has 0 saturated heterocycles. The number of aliphatic carboxylic acids is 1. The second-order valence-electron chi connectivity index (χ2n) is 3.67. The fourth-order valence-electron chi connectivity index (χ4n) is 1.62. The molecule has 0 fully saturated rings. The zero-order valence-electron chi connectivity index (χ0n) is 9.03. The van der Waals surface area contributed by atoms with Crippen LogP contribution in [0.1, 0.15) is 30.7 Å². The summed E-state index contributed by atoms with van der Waals surface area (Å²) in [6.45, 7) is 3.58. The molecule has 2 nitrogen and oxygen atoms in total. The minimum atomic E-state index is -0.908. The molecule has 0 aliphatic carbocycles. The van der Waals surface area contributed by atoms with E-state index in [2.05, 4.69) is 6.58 Å². The van der Waals surface area contributed by atoms with Gasteiger partial charge in [0.05, 0.1) is 5.92 Å². The second kappa shape index (κ2) is 6.05. The smallest absolute Gasteiger partial charge is 0.310 e. The number of unbranched alkanes of at least 4 members (excludes halogenated alkanes) is 1. The van der Waals surface area contributed by atoms with Crippen molar-refractivity contribution in [1.82, 2.24) is 0 Å². The first-order valence-corrected chi connectivity index (χ1v) is 5.24. The van der Waals surface area contributed by atoms with Gasteiger partial charge >= 0.3 is 5.97 Å². The maximum atomic E-state index is 13.0. The molecule has 0 bridgehead atoms. The summed E-state index contributed by atoms with van der Waals surface area (Å²) in [5.74, 6) is -1.93. The summed E-state index contributed by atoms with van der Waals surface area (Å²) < 4.78 is 13.0. The van der Waals surface area contributed by atoms with Crippen molar-refractivity contribution in [2.75, 3.05) is 0 Å². The van der Waals surface area contributed by atoms with Crippen LogP contribution >= 0.6 is 0 Å². The first-order valence-electron chi connectivity index (χ1n) is 5.24. The van der Waals surface area contributed by atoms with Crippen molar-refractivity contribution >= 4 is 5.97 Å². The molecule has 3 heteroatoms. The van der Waals surface area contributed by atoms with E-state index in [1.54, 1.807) is 12.1 Å². The maximum absolute atomic E-state index is 13.0. The molecule has 0 spiro atoms. The van der Waals surface area contributed by atoms with Crippen molar-refractivity contribution in [2.45, 2.75) is 25.2 Å². The van der Waals surface area contributed by atoms with Crippen LogP contribution in [0.3, 0.4) is 0 Å². The fraction of sp³-hybridized carbons (Fsp3) is 0.308. The Labute approximate surface area is 94.4 Å². The van der Waals surface area contributed by atoms with Crippen LogP contribution in [0, 0.1) is 5.82 Å². The molecule has 0 amide bonds. The summed E-state index contributed by atoms with van der Waals surface area (Å²) in [5.41, 5.74) is 0.525. The molecule has 86 valence electrons. The van der Waals surface area contributed by atoms with Crippen molar-refractivity contribution in [1.29, 1.82) is 0 Å². The molecule has 1 atom stereocenters. The molecule has 0 saturated carbocycles. The molecule has 0 radical (unpaired) electrons. The van der Waals surface area contributed by atoms with E-state index in [0.717, 1.165) is 12.8 Å². The minimum absolute atomic E-state index is 0.396. The minimum Gasteiger partial charge on any atom is -0.481 e. The number of hydrogen-bond acceptors (Lipinski definition) is 1. The number of hydrogen-bond donors (Lipinski definition) is 1. The van der Waals surface area contributed by atoms with Gasteiger partial charge < -0.3 is 5.11 Å². The highest BCUT2D eigenvalue weighted by Gasteiger charge is 2.19. The molecule has 1 unspecified atom stereocenters. The molecule has 0 aliphatic rings. The number of halogens is 1. The Morgan fingerprint density at radius 1 is 1.56 bits per heavy atom. The highest BCUT2D eigenvalue weighted by molar-refractivity contribution is 5.76. The molecular weight excluding hydrogens is 207 g/mol. The quantitative estimate of drug-likeness (QED) is 0.592. The predicted molar refractivity (Wildman–Crippen MR) is 60.8 cm³/mol. The van der Waals surface area contributed by atoms with E-state index in [9.17, 15) is 9.18 Å². The van der Waals surface area contributed by atoms with Crippen LogP contribution in [0.2, 0.25) is 0 Å². The summed E-state index contributed by atoms with van der Waals surface area (Å²) in [4.78, 5) is 11.1. The third-order valence-corrected chi connectivity index (χ3v) is 2.45. The van der Waals surface area contributed by atoms with E-state index in [1.165, 1.54) is 18.2 Å². The highest BCUT2D eigenvalue weighted by atomic mass is 19.1. The van der Waals surface area contributed by atoms with E-state index in [4.69, 9.17) is 5.11 Å². The maximum Gasteiger partial charge on any atom is 0.310 e. The molecule has 1 aromatic rings. The number of carbonyl (C=O) groups is 1. The van der Waals surface area contributed by atoms with Crippen LogP contribution in [0.4, 0.5) is 4.39 Å². The summed E-state index contributed by atoms with van der Waals surface area (Å²) in [5, 5.41) is 9.07. The predicted octanol–water partition coefficient (Wildman–Crippen LogP) is 3.35. The monoisotopic (exact) mass is 222 g/mol. The average molecular weight is 222 g/mol. The van der Waals surface area contributed by atoms with Gasteiger partial charge in [-0.1, -0.05) is 18.2 Å². The normalized spacial score (nSPS) is 12.1. The number of rotatable bonds is 6. The summed E-state index contributed by atoms with van der Waals surface area (Å²) in [7, 11) is 0. The molecule has 1 N–H and O–H groups in total. The molecule has 0 heterocycles. The number of carboxylic acids is 1. The largest absolute Gasteiger partial charge is 0.481 e. The van der Waals surface area contributed by atoms with Gasteiger partial charge in [0.25, 0.3) is 0 Å². The molecule has 16 heavy (non-hydrogen) atoms. The third kappa shape index (κ3) is 3.50. The lowest BCUT2D eigenvalue weighted by Crippen LogP contribution is -2.11. The van der Waals surface area contributed by atoms with E-state index in [1.807, 2.05) is 0 Å². The molecule has 1 rings (SSSR count). The Balaban J connectivity index is 2.77. The fourth-order valence-corrected chi connectivity index (χ4v) is 1.62. The van der Waals surface area contributed by atoms with E-state index < -0.39 is 17.7 Å². The Morgan fingerprint density at radius 2 is 2.31 bits per heavy atom. The first-order chi connectivity index (χ1) is 7.65. The topological polar surface area (TPSA) is 37.3 Å². The van der Waals surface area contributed by atoms with E-state index in [0.29, 0.717) is 12.0 Å². The van der Waals surface area contributed by atoms with Gasteiger partial charge in [0, 0.05) is 0 Å². The summed E-state index contributed by atoms with van der Waals surface area (Å²) in [6, 6.07) is 5.78. The Hall–Kier alpha value is -1.64. The average Bonchev–Trinajstić information content (AvgIpc) is 2.24. The first kappa shape index (κ1) is 12.4. The van der Waals surface area contributed by atoms with Crippen LogP contribution in [0.25, 0.3) is 0 Å². The zero-order valence-corrected chi connectivity index (χ0v) is 9.03. The standard InChI is InChI=1S/C13H15FO2/c1-2-3-4-8-12(13(15)16)10-6-5-7-11(14)9-10/h2,5-7,9,12H,1,3-4,8H2,(H,15,16). The number of benzene rings is 1. The SMILES string of the molecule is C=CCCCC(C(=O)O)c1cccc(F)c1. The van der Waals surface area contributed by atoms with Crippen molar-refractivity contribution in [3.05, 3.63) is 48.3 Å². The van der Waals surface area contributed by atoms with Gasteiger partial charge in [-0.3, -0.25) is 4.79 Å². The Morgan fingerprint density at radius 3 is 2.88 bits per heavy atom. The van der Waals surface area contributed by atoms with Crippen molar-refractivity contribution in [2.24, 2.45) is 0 Å². The molecule has 0 aliphatic heterocycles. The zero-order chi connectivity index (χ0) is 12.0. The summed E-state index contributed by atoms with van der Waals surface area (Å²) >= 11 is 0. The number of carboxylic acid groups (broad SMARTS) is 1. The van der Waals surface area contributed by atoms with Gasteiger partial charge in [-0.2, -0.15) is 0 Å². The van der Waals surface area contributed by atoms with Crippen LogP contribution in [0.5, 0.6) is 0 Å². The highest BCUT2D eigenvalue weighted by Crippen LogP contribution is 2.23. The van der Waals surface area contributed by atoms with Crippen LogP contribution < -0.4 is 0 Å². The van der Waals surface area contributed by atoms with Gasteiger partial charge in [-0.25, -0.2) is 4.39 Å². The molecule has 0 aromatic heterocycles. The van der Waals surface area contributed by atoms with Crippen molar-refractivity contribution in [3.63, 3.8) is 0 Å². The lowest BCUT2D eigenvalue weighted by molar-refractivity contribution is -0.139. The van der Waals surface area contributed by atoms with Gasteiger partial charge in [-0.15, -0.1) is 6.58 Å². The Kier molecular flexibility index (Phi) is 4.70. The lowest BCUT2D eigenvalue weighted by atomic mass is 9.93. The van der Waals surface area contributed by atoms with Crippen LogP contribution in [0.15, 0.2) is 36.9 Å². The van der Waals surface area contributed by atoms with Gasteiger partial charge in [0.15, 0.2) is 0 Å². The summed E-state index contributed by atoms with van der Waals surface area (Å²) in [6.07, 6.45) is 3.78. The third-order valence-electron chi connectivity index (χ3n) is 2.45. The van der Waals surface area contributed by atoms with Gasteiger partial charge in [0.2, 0.25) is 0 Å². The van der Waals surface area contributed by atoms with Crippen molar-refractivity contribution in [3.8, 4) is 0 Å². The molecular formula is C13H15FO2. The second-order valence-corrected chi connectivity index (χ2v) is 3.67.